The Labute approximate surface area is 176 Å². The molecule has 0 spiro atoms. The number of methoxy groups -OCH3 is 1. The fourth-order valence-electron chi connectivity index (χ4n) is 2.85. The molecule has 9 heteroatoms. The van der Waals surface area contributed by atoms with Crippen molar-refractivity contribution in [2.24, 2.45) is 0 Å². The molecule has 28 heavy (non-hydrogen) atoms. The minimum atomic E-state index is -0.173. The molecule has 0 aliphatic rings. The van der Waals surface area contributed by atoms with Crippen LogP contribution in [0.2, 0.25) is 0 Å². The first-order valence-electron chi connectivity index (χ1n) is 8.29. The summed E-state index contributed by atoms with van der Waals surface area (Å²) < 4.78 is 14.0. The number of aryl methyl sites for hydroxylation is 1. The zero-order valence-electron chi connectivity index (χ0n) is 14.9. The molecule has 0 unspecified atom stereocenters. The highest BCUT2D eigenvalue weighted by Gasteiger charge is 2.15. The molecule has 4 rings (SSSR count). The third-order valence-corrected chi connectivity index (χ3v) is 5.33. The molecular weight excluding hydrogens is 492 g/mol. The number of rotatable bonds is 4. The van der Waals surface area contributed by atoms with Crippen LogP contribution in [0.25, 0.3) is 22.4 Å². The van der Waals surface area contributed by atoms with E-state index in [4.69, 9.17) is 9.15 Å². The molecule has 0 aliphatic carbocycles. The van der Waals surface area contributed by atoms with E-state index in [1.807, 2.05) is 30.3 Å². The number of ether oxygens (including phenoxy) is 1. The van der Waals surface area contributed by atoms with E-state index >= 15 is 0 Å². The number of hydrogen-bond donors (Lipinski definition) is 0. The lowest BCUT2D eigenvalue weighted by Crippen LogP contribution is -2.24. The fourth-order valence-corrected chi connectivity index (χ4v) is 4.16. The Hall–Kier alpha value is -2.52. The first-order valence-corrected chi connectivity index (χ1v) is 9.88. The monoisotopic (exact) mass is 504 g/mol. The molecule has 4 aromatic rings. The van der Waals surface area contributed by atoms with Crippen LogP contribution in [0.15, 0.2) is 54.6 Å². The van der Waals surface area contributed by atoms with Crippen molar-refractivity contribution in [3.8, 4) is 17.2 Å². The largest absolute Gasteiger partial charge is 0.497 e. The second-order valence-electron chi connectivity index (χ2n) is 6.06. The van der Waals surface area contributed by atoms with Gasteiger partial charge in [0.15, 0.2) is 0 Å². The molecule has 0 radical (unpaired) electrons. The van der Waals surface area contributed by atoms with Crippen molar-refractivity contribution in [2.75, 3.05) is 7.11 Å². The van der Waals surface area contributed by atoms with Gasteiger partial charge in [-0.05, 0) is 59.3 Å². The molecule has 0 atom stereocenters. The van der Waals surface area contributed by atoms with Gasteiger partial charge < -0.3 is 9.15 Å². The third kappa shape index (κ3) is 3.47. The summed E-state index contributed by atoms with van der Waals surface area (Å²) in [6, 6.07) is 10.9. The minimum absolute atomic E-state index is 0.140. The fraction of sp³-hybridized carbons (Fsp3) is 0.158. The van der Waals surface area contributed by atoms with Crippen LogP contribution in [0.3, 0.4) is 0 Å². The van der Waals surface area contributed by atoms with Crippen molar-refractivity contribution in [1.82, 2.24) is 19.7 Å². The van der Waals surface area contributed by atoms with Gasteiger partial charge >= 0.3 is 0 Å². The summed E-state index contributed by atoms with van der Waals surface area (Å²) in [7, 11) is 1.61. The van der Waals surface area contributed by atoms with Crippen molar-refractivity contribution in [2.45, 2.75) is 13.5 Å². The number of nitrogens with zero attached hydrogens (tertiary/aromatic N) is 4. The topological polar surface area (TPSA) is 83.0 Å². The predicted molar refractivity (Wildman–Crippen MR) is 112 cm³/mol. The normalized spacial score (nSPS) is 11.1. The summed E-state index contributed by atoms with van der Waals surface area (Å²) in [4.78, 5) is 17.5. The standard InChI is InChI=1S/C19H14Br2N4O3/c1-10-22-17-14(7-12(20)8-15(17)21)19(26)25(10)9-16-23-24-18(28-16)11-3-5-13(27-2)6-4-11/h3-8H,9H2,1-2H3. The van der Waals surface area contributed by atoms with Crippen LogP contribution in [-0.2, 0) is 6.54 Å². The first-order chi connectivity index (χ1) is 13.5. The van der Waals surface area contributed by atoms with Crippen LogP contribution in [0.4, 0.5) is 0 Å². The van der Waals surface area contributed by atoms with Gasteiger partial charge in [0.25, 0.3) is 5.56 Å². The van der Waals surface area contributed by atoms with Crippen molar-refractivity contribution in [3.63, 3.8) is 0 Å². The molecule has 0 saturated carbocycles. The number of fused-ring (bicyclic) bond motifs is 1. The van der Waals surface area contributed by atoms with Crippen molar-refractivity contribution < 1.29 is 9.15 Å². The zero-order chi connectivity index (χ0) is 19.8. The van der Waals surface area contributed by atoms with E-state index in [-0.39, 0.29) is 12.1 Å². The molecule has 142 valence electrons. The van der Waals surface area contributed by atoms with Crippen molar-refractivity contribution >= 4 is 42.8 Å². The number of halogens is 2. The van der Waals surface area contributed by atoms with Gasteiger partial charge in [-0.25, -0.2) is 4.98 Å². The van der Waals surface area contributed by atoms with Gasteiger partial charge in [-0.2, -0.15) is 0 Å². The minimum Gasteiger partial charge on any atom is -0.497 e. The quantitative estimate of drug-likeness (QED) is 0.410. The van der Waals surface area contributed by atoms with Gasteiger partial charge in [0, 0.05) is 14.5 Å². The SMILES string of the molecule is COc1ccc(-c2nnc(Cn3c(C)nc4c(Br)cc(Br)cc4c3=O)o2)cc1. The molecule has 2 aromatic heterocycles. The van der Waals surface area contributed by atoms with Crippen LogP contribution in [-0.4, -0.2) is 26.9 Å². The van der Waals surface area contributed by atoms with Crippen LogP contribution >= 0.6 is 31.9 Å². The average Bonchev–Trinajstić information content (AvgIpc) is 3.15. The number of hydrogen-bond acceptors (Lipinski definition) is 6. The van der Waals surface area contributed by atoms with Crippen molar-refractivity contribution in [1.29, 1.82) is 0 Å². The van der Waals surface area contributed by atoms with E-state index in [0.717, 1.165) is 20.3 Å². The van der Waals surface area contributed by atoms with Gasteiger partial charge in [0.05, 0.1) is 18.0 Å². The van der Waals surface area contributed by atoms with Crippen LogP contribution < -0.4 is 10.3 Å². The third-order valence-electron chi connectivity index (χ3n) is 4.27. The lowest BCUT2D eigenvalue weighted by Gasteiger charge is -2.10. The summed E-state index contributed by atoms with van der Waals surface area (Å²) in [6.45, 7) is 1.91. The van der Waals surface area contributed by atoms with Gasteiger partial charge in [0.2, 0.25) is 11.8 Å². The van der Waals surface area contributed by atoms with Gasteiger partial charge in [0.1, 0.15) is 18.1 Å². The summed E-state index contributed by atoms with van der Waals surface area (Å²) in [5.41, 5.74) is 1.22. The molecule has 0 saturated heterocycles. The summed E-state index contributed by atoms with van der Waals surface area (Å²) in [5, 5.41) is 8.66. The first kappa shape index (κ1) is 18.8. The zero-order valence-corrected chi connectivity index (χ0v) is 18.1. The molecule has 2 heterocycles. The summed E-state index contributed by atoms with van der Waals surface area (Å²) in [6.07, 6.45) is 0. The van der Waals surface area contributed by atoms with Crippen molar-refractivity contribution in [3.05, 3.63) is 67.4 Å². The van der Waals surface area contributed by atoms with E-state index < -0.39 is 0 Å². The average molecular weight is 506 g/mol. The van der Waals surface area contributed by atoms with Gasteiger partial charge in [-0.1, -0.05) is 15.9 Å². The molecule has 0 fully saturated rings. The molecule has 2 aromatic carbocycles. The van der Waals surface area contributed by atoms with E-state index in [9.17, 15) is 4.79 Å². The lowest BCUT2D eigenvalue weighted by atomic mass is 10.2. The van der Waals surface area contributed by atoms with E-state index in [0.29, 0.717) is 28.5 Å². The maximum Gasteiger partial charge on any atom is 0.261 e. The molecule has 0 aliphatic heterocycles. The molecular formula is C19H14Br2N4O3. The van der Waals surface area contributed by atoms with Gasteiger partial charge in [-0.15, -0.1) is 10.2 Å². The van der Waals surface area contributed by atoms with Crippen LogP contribution in [0.1, 0.15) is 11.7 Å². The Morgan fingerprint density at radius 1 is 1.14 bits per heavy atom. The maximum absolute atomic E-state index is 13.0. The highest BCUT2D eigenvalue weighted by molar-refractivity contribution is 9.11. The van der Waals surface area contributed by atoms with Crippen LogP contribution in [0.5, 0.6) is 5.75 Å². The Morgan fingerprint density at radius 3 is 2.61 bits per heavy atom. The smallest absolute Gasteiger partial charge is 0.261 e. The molecule has 0 N–H and O–H groups in total. The highest BCUT2D eigenvalue weighted by Crippen LogP contribution is 2.26. The second-order valence-corrected chi connectivity index (χ2v) is 7.83. The highest BCUT2D eigenvalue weighted by atomic mass is 79.9. The van der Waals surface area contributed by atoms with Gasteiger partial charge in [-0.3, -0.25) is 9.36 Å². The lowest BCUT2D eigenvalue weighted by molar-refractivity contribution is 0.415. The molecule has 7 nitrogen and oxygen atoms in total. The Balaban J connectivity index is 1.70. The van der Waals surface area contributed by atoms with Crippen LogP contribution in [0, 0.1) is 6.92 Å². The Morgan fingerprint density at radius 2 is 1.89 bits per heavy atom. The van der Waals surface area contributed by atoms with E-state index in [1.165, 1.54) is 4.57 Å². The number of aromatic nitrogens is 4. The number of benzene rings is 2. The molecule has 0 bridgehead atoms. The Bertz CT molecular complexity index is 1230. The van der Waals surface area contributed by atoms with E-state index in [1.54, 1.807) is 20.1 Å². The molecule has 0 amide bonds. The van der Waals surface area contributed by atoms with E-state index in [2.05, 4.69) is 47.0 Å². The summed E-state index contributed by atoms with van der Waals surface area (Å²) in [5.74, 6) is 2.00. The second kappa shape index (κ2) is 7.48. The maximum atomic E-state index is 13.0. The summed E-state index contributed by atoms with van der Waals surface area (Å²) >= 11 is 6.87. The Kier molecular flexibility index (Phi) is 5.03. The predicted octanol–water partition coefficient (Wildman–Crippen LogP) is 4.34.